The second kappa shape index (κ2) is 14.5. The van der Waals surface area contributed by atoms with E-state index in [9.17, 15) is 19.5 Å². The Morgan fingerprint density at radius 2 is 1.92 bits per heavy atom. The summed E-state index contributed by atoms with van der Waals surface area (Å²) in [5.41, 5.74) is 1.83. The minimum absolute atomic E-state index is 0.148. The fourth-order valence-electron chi connectivity index (χ4n) is 6.67. The van der Waals surface area contributed by atoms with Crippen molar-refractivity contribution in [2.75, 3.05) is 20.7 Å². The van der Waals surface area contributed by atoms with Crippen LogP contribution in [0.15, 0.2) is 48.9 Å². The Morgan fingerprint density at radius 3 is 2.54 bits per heavy atom. The number of ether oxygens (including phenoxy) is 2. The van der Waals surface area contributed by atoms with Crippen molar-refractivity contribution in [2.24, 2.45) is 17.8 Å². The topological polar surface area (TPSA) is 131 Å². The number of methoxy groups -OCH3 is 1. The number of carboxylic acids is 1. The average molecular weight is 675 g/mol. The molecular weight excluding hydrogens is 628 g/mol. The van der Waals surface area contributed by atoms with E-state index < -0.39 is 35.4 Å². The number of aryl methyl sites for hydroxylation is 1. The molecule has 5 atom stereocenters. The number of carboxylic acid groups (broad SMARTS) is 1. The van der Waals surface area contributed by atoms with Gasteiger partial charge in [0.25, 0.3) is 0 Å². The van der Waals surface area contributed by atoms with Gasteiger partial charge in [0, 0.05) is 41.9 Å². The zero-order chi connectivity index (χ0) is 34.7. The van der Waals surface area contributed by atoms with Crippen molar-refractivity contribution in [3.63, 3.8) is 0 Å². The van der Waals surface area contributed by atoms with E-state index in [0.29, 0.717) is 30.2 Å². The normalized spacial score (nSPS) is 23.1. The van der Waals surface area contributed by atoms with Crippen molar-refractivity contribution in [1.29, 1.82) is 0 Å². The molecular formula is C37H46N4O6S. The third-order valence-electron chi connectivity index (χ3n) is 9.72. The van der Waals surface area contributed by atoms with Crippen LogP contribution in [0, 0.1) is 24.7 Å². The van der Waals surface area contributed by atoms with Gasteiger partial charge >= 0.3 is 5.97 Å². The molecule has 2 aliphatic rings. The van der Waals surface area contributed by atoms with Gasteiger partial charge in [-0.25, -0.2) is 14.8 Å². The number of nitrogens with zero attached hydrogens (tertiary/aromatic N) is 3. The summed E-state index contributed by atoms with van der Waals surface area (Å²) >= 11 is 1.52. The fraction of sp³-hybridized carbons (Fsp3) is 0.486. The number of carbonyl (C=O) groups is 3. The standard InChI is InChI=1S/C37H46N4O6S/c1-8-10-11-12-15-41(6)35(43)27-17-24(16-26(27)33(42)40-37(36(44)45)19-23(37)9-2)47-31-18-28(34-39-29(20-48-34)21(3)4)38-32-22(5)30(46-7)14-13-25(31)32/h8-9,13-14,18,20-21,23-24,26-27H,1-2,10-12,15-17,19H2,3-7H3,(H,40,42)(H,44,45)/t23-,24-,26-,27+,37-/m1/s1. The molecule has 0 spiro atoms. The highest BCUT2D eigenvalue weighted by atomic mass is 32.1. The van der Waals surface area contributed by atoms with E-state index in [2.05, 4.69) is 32.3 Å². The Balaban J connectivity index is 1.47. The molecule has 48 heavy (non-hydrogen) atoms. The number of hydrogen-bond acceptors (Lipinski definition) is 8. The lowest BCUT2D eigenvalue weighted by Crippen LogP contribution is -2.49. The van der Waals surface area contributed by atoms with Crippen LogP contribution in [-0.2, 0) is 14.4 Å². The zero-order valence-electron chi connectivity index (χ0n) is 28.5. The molecule has 0 unspecified atom stereocenters. The van der Waals surface area contributed by atoms with Gasteiger partial charge < -0.3 is 24.8 Å². The van der Waals surface area contributed by atoms with Crippen LogP contribution < -0.4 is 14.8 Å². The highest BCUT2D eigenvalue weighted by Crippen LogP contribution is 2.46. The first-order chi connectivity index (χ1) is 22.9. The molecule has 2 fully saturated rings. The molecule has 2 aromatic heterocycles. The number of allylic oxidation sites excluding steroid dienone is 1. The van der Waals surface area contributed by atoms with E-state index in [1.54, 1.807) is 25.1 Å². The highest BCUT2D eigenvalue weighted by molar-refractivity contribution is 7.13. The number of aromatic nitrogens is 2. The number of thiazole rings is 1. The van der Waals surface area contributed by atoms with Crippen LogP contribution >= 0.6 is 11.3 Å². The van der Waals surface area contributed by atoms with Gasteiger partial charge in [-0.2, -0.15) is 0 Å². The molecule has 5 rings (SSSR count). The molecule has 11 heteroatoms. The molecule has 2 aliphatic carbocycles. The Hall–Kier alpha value is -4.25. The average Bonchev–Trinajstić information content (AvgIpc) is 3.36. The lowest BCUT2D eigenvalue weighted by molar-refractivity contribution is -0.145. The molecule has 0 aliphatic heterocycles. The first-order valence-corrected chi connectivity index (χ1v) is 17.5. The second-order valence-corrected chi connectivity index (χ2v) is 14.2. The largest absolute Gasteiger partial charge is 0.496 e. The summed E-state index contributed by atoms with van der Waals surface area (Å²) in [5, 5.41) is 16.3. The Bertz CT molecular complexity index is 1720. The minimum Gasteiger partial charge on any atom is -0.496 e. The lowest BCUT2D eigenvalue weighted by atomic mass is 9.93. The third-order valence-corrected chi connectivity index (χ3v) is 10.6. The Labute approximate surface area is 286 Å². The van der Waals surface area contributed by atoms with Crippen molar-refractivity contribution in [2.45, 2.75) is 76.9 Å². The van der Waals surface area contributed by atoms with E-state index >= 15 is 0 Å². The number of hydrogen-bond donors (Lipinski definition) is 2. The molecule has 2 amide bonds. The van der Waals surface area contributed by atoms with Crippen LogP contribution in [-0.4, -0.2) is 70.1 Å². The summed E-state index contributed by atoms with van der Waals surface area (Å²) in [5.74, 6) is -1.95. The number of nitrogens with one attached hydrogen (secondary N) is 1. The van der Waals surface area contributed by atoms with Gasteiger partial charge in [-0.1, -0.05) is 26.0 Å². The van der Waals surface area contributed by atoms with Crippen LogP contribution in [0.4, 0.5) is 0 Å². The monoisotopic (exact) mass is 674 g/mol. The van der Waals surface area contributed by atoms with Crippen LogP contribution in [0.2, 0.25) is 0 Å². The first-order valence-electron chi connectivity index (χ1n) is 16.6. The fourth-order valence-corrected chi connectivity index (χ4v) is 7.61. The Morgan fingerprint density at radius 1 is 1.17 bits per heavy atom. The van der Waals surface area contributed by atoms with Gasteiger partial charge in [0.2, 0.25) is 11.8 Å². The molecule has 2 N–H and O–H groups in total. The summed E-state index contributed by atoms with van der Waals surface area (Å²) in [6, 6.07) is 5.67. The maximum atomic E-state index is 13.9. The number of aliphatic carboxylic acids is 1. The lowest BCUT2D eigenvalue weighted by Gasteiger charge is -2.25. The smallest absolute Gasteiger partial charge is 0.330 e. The molecule has 1 aromatic carbocycles. The van der Waals surface area contributed by atoms with Crippen LogP contribution in [0.1, 0.15) is 69.5 Å². The van der Waals surface area contributed by atoms with Gasteiger partial charge in [0.15, 0.2) is 0 Å². The number of pyridine rings is 1. The van der Waals surface area contributed by atoms with Crippen LogP contribution in [0.25, 0.3) is 21.6 Å². The number of amides is 2. The van der Waals surface area contributed by atoms with Crippen molar-refractivity contribution < 1.29 is 29.0 Å². The van der Waals surface area contributed by atoms with E-state index in [-0.39, 0.29) is 30.6 Å². The molecule has 2 heterocycles. The van der Waals surface area contributed by atoms with Gasteiger partial charge in [0.05, 0.1) is 30.2 Å². The summed E-state index contributed by atoms with van der Waals surface area (Å²) in [4.78, 5) is 51.4. The SMILES string of the molecule is C=CCCCCN(C)C(=O)[C@H]1C[C@H](Oc2cc(-c3nc(C(C)C)cs3)nc3c(C)c(OC)ccc23)C[C@H]1C(=O)N[C@]1(C(=O)O)C[C@H]1C=C. The number of carbonyl (C=O) groups excluding carboxylic acids is 2. The molecule has 2 saturated carbocycles. The molecule has 3 aromatic rings. The van der Waals surface area contributed by atoms with Gasteiger partial charge in [-0.05, 0) is 63.5 Å². The van der Waals surface area contributed by atoms with Crippen molar-refractivity contribution in [1.82, 2.24) is 20.2 Å². The summed E-state index contributed by atoms with van der Waals surface area (Å²) in [7, 11) is 3.38. The maximum absolute atomic E-state index is 13.9. The number of rotatable bonds is 15. The highest BCUT2D eigenvalue weighted by Gasteiger charge is 2.61. The van der Waals surface area contributed by atoms with E-state index in [1.165, 1.54) is 11.3 Å². The van der Waals surface area contributed by atoms with Crippen LogP contribution in [0.3, 0.4) is 0 Å². The maximum Gasteiger partial charge on any atom is 0.330 e. The molecule has 0 radical (unpaired) electrons. The van der Waals surface area contributed by atoms with Gasteiger partial charge in [-0.15, -0.1) is 24.5 Å². The van der Waals surface area contributed by atoms with Crippen molar-refractivity contribution in [3.05, 3.63) is 60.1 Å². The minimum atomic E-state index is -1.39. The van der Waals surface area contributed by atoms with Crippen molar-refractivity contribution >= 4 is 40.0 Å². The first kappa shape index (κ1) is 35.1. The molecule has 256 valence electrons. The summed E-state index contributed by atoms with van der Waals surface area (Å²) in [6.07, 6.45) is 6.35. The quantitative estimate of drug-likeness (QED) is 0.137. The van der Waals surface area contributed by atoms with Crippen LogP contribution in [0.5, 0.6) is 11.5 Å². The second-order valence-electron chi connectivity index (χ2n) is 13.3. The molecule has 0 bridgehead atoms. The third kappa shape index (κ3) is 6.97. The van der Waals surface area contributed by atoms with Gasteiger partial charge in [0.1, 0.15) is 33.8 Å². The van der Waals surface area contributed by atoms with Crippen molar-refractivity contribution in [3.8, 4) is 22.2 Å². The predicted octanol–water partition coefficient (Wildman–Crippen LogP) is 6.53. The number of benzene rings is 1. The summed E-state index contributed by atoms with van der Waals surface area (Å²) < 4.78 is 12.3. The van der Waals surface area contributed by atoms with Gasteiger partial charge in [-0.3, -0.25) is 9.59 Å². The van der Waals surface area contributed by atoms with E-state index in [1.807, 2.05) is 36.6 Å². The zero-order valence-corrected chi connectivity index (χ0v) is 29.3. The van der Waals surface area contributed by atoms with E-state index in [4.69, 9.17) is 19.4 Å². The summed E-state index contributed by atoms with van der Waals surface area (Å²) in [6.45, 7) is 14.2. The Kier molecular flexibility index (Phi) is 10.6. The number of unbranched alkanes of at least 4 members (excludes halogenated alkanes) is 2. The molecule has 0 saturated heterocycles. The molecule has 10 nitrogen and oxygen atoms in total. The van der Waals surface area contributed by atoms with E-state index in [0.717, 1.165) is 46.4 Å². The number of fused-ring (bicyclic) bond motifs is 1. The predicted molar refractivity (Wildman–Crippen MR) is 187 cm³/mol.